The number of phosphoric ester groups is 1. The highest BCUT2D eigenvalue weighted by molar-refractivity contribution is 7.47. The van der Waals surface area contributed by atoms with Crippen LogP contribution in [0.25, 0.3) is 0 Å². The Morgan fingerprint density at radius 2 is 2.05 bits per heavy atom. The van der Waals surface area contributed by atoms with Crippen LogP contribution in [0.5, 0.6) is 0 Å². The average molecular weight is 294 g/mol. The van der Waals surface area contributed by atoms with Gasteiger partial charge in [-0.1, -0.05) is 26.8 Å². The van der Waals surface area contributed by atoms with E-state index in [0.29, 0.717) is 12.8 Å². The topological polar surface area (TPSA) is 82.1 Å². The summed E-state index contributed by atoms with van der Waals surface area (Å²) in [5, 5.41) is 0. The van der Waals surface area contributed by atoms with E-state index in [-0.39, 0.29) is 25.7 Å². The lowest BCUT2D eigenvalue weighted by molar-refractivity contribution is -0.139. The minimum atomic E-state index is -4.00. The van der Waals surface area contributed by atoms with Crippen LogP contribution >= 0.6 is 7.82 Å². The van der Waals surface area contributed by atoms with Crippen molar-refractivity contribution in [2.24, 2.45) is 5.92 Å². The fourth-order valence-electron chi connectivity index (χ4n) is 1.10. The molecule has 0 heterocycles. The lowest BCUT2D eigenvalue weighted by Crippen LogP contribution is -2.17. The van der Waals surface area contributed by atoms with E-state index in [1.54, 1.807) is 0 Å². The summed E-state index contributed by atoms with van der Waals surface area (Å²) in [7, 11) is -4.00. The van der Waals surface area contributed by atoms with E-state index in [1.165, 1.54) is 0 Å². The van der Waals surface area contributed by atoms with Crippen molar-refractivity contribution in [3.8, 4) is 0 Å². The Balaban J connectivity index is 4.00. The maximum absolute atomic E-state index is 11.5. The van der Waals surface area contributed by atoms with Crippen molar-refractivity contribution in [3.63, 3.8) is 0 Å². The Labute approximate surface area is 114 Å². The Kier molecular flexibility index (Phi) is 9.79. The molecular formula is C12H23O6P. The second-order valence-corrected chi connectivity index (χ2v) is 5.51. The lowest BCUT2D eigenvalue weighted by Gasteiger charge is -2.17. The smallest absolute Gasteiger partial charge is 0.462 e. The molecular weight excluding hydrogens is 271 g/mol. The number of carbonyl (C=O) groups excluding carboxylic acids is 1. The molecule has 7 heteroatoms. The average Bonchev–Trinajstić information content (AvgIpc) is 2.38. The summed E-state index contributed by atoms with van der Waals surface area (Å²) < 4.78 is 26.0. The molecule has 0 aliphatic heterocycles. The first kappa shape index (κ1) is 18.3. The molecule has 0 aliphatic rings. The van der Waals surface area contributed by atoms with Crippen molar-refractivity contribution in [2.75, 3.05) is 19.8 Å². The van der Waals surface area contributed by atoms with Crippen molar-refractivity contribution in [1.29, 1.82) is 0 Å². The van der Waals surface area contributed by atoms with Gasteiger partial charge in [-0.2, -0.15) is 0 Å². The van der Waals surface area contributed by atoms with Gasteiger partial charge in [0.2, 0.25) is 0 Å². The van der Waals surface area contributed by atoms with Gasteiger partial charge < -0.3 is 9.63 Å². The Bertz CT molecular complexity index is 317. The molecule has 6 nitrogen and oxygen atoms in total. The maximum Gasteiger partial charge on any atom is 0.472 e. The largest absolute Gasteiger partial charge is 0.472 e. The highest BCUT2D eigenvalue weighted by atomic mass is 31.2. The van der Waals surface area contributed by atoms with Crippen LogP contribution in [0.3, 0.4) is 0 Å². The molecule has 0 amide bonds. The first-order valence-corrected chi connectivity index (χ1v) is 7.85. The van der Waals surface area contributed by atoms with Gasteiger partial charge in [0, 0.05) is 12.0 Å². The monoisotopic (exact) mass is 294 g/mol. The molecule has 2 atom stereocenters. The van der Waals surface area contributed by atoms with Gasteiger partial charge in [0.05, 0.1) is 19.8 Å². The second kappa shape index (κ2) is 10.1. The molecule has 0 aromatic heterocycles. The number of phosphoric acid groups is 1. The van der Waals surface area contributed by atoms with E-state index in [2.05, 4.69) is 6.58 Å². The van der Waals surface area contributed by atoms with E-state index in [1.807, 2.05) is 13.8 Å². The Morgan fingerprint density at radius 1 is 1.37 bits per heavy atom. The van der Waals surface area contributed by atoms with E-state index in [9.17, 15) is 14.3 Å². The van der Waals surface area contributed by atoms with Gasteiger partial charge in [-0.3, -0.25) is 9.05 Å². The highest BCUT2D eigenvalue weighted by Gasteiger charge is 2.22. The van der Waals surface area contributed by atoms with E-state index in [4.69, 9.17) is 13.8 Å². The predicted octanol–water partition coefficient (Wildman–Crippen LogP) is 2.68. The number of hydrogen-bond acceptors (Lipinski definition) is 5. The molecule has 0 aliphatic carbocycles. The van der Waals surface area contributed by atoms with E-state index < -0.39 is 13.8 Å². The summed E-state index contributed by atoms with van der Waals surface area (Å²) in [6.45, 7) is 7.41. The first-order chi connectivity index (χ1) is 8.95. The molecule has 0 radical (unpaired) electrons. The van der Waals surface area contributed by atoms with Crippen LogP contribution in [-0.2, 0) is 23.1 Å². The molecule has 19 heavy (non-hydrogen) atoms. The van der Waals surface area contributed by atoms with Gasteiger partial charge in [0.15, 0.2) is 0 Å². The normalized spacial score (nSPS) is 15.5. The zero-order valence-corrected chi connectivity index (χ0v) is 12.4. The molecule has 1 N–H and O–H groups in total. The molecule has 0 fully saturated rings. The quantitative estimate of drug-likeness (QED) is 0.273. The van der Waals surface area contributed by atoms with Crippen LogP contribution in [0.2, 0.25) is 0 Å². The highest BCUT2D eigenvalue weighted by Crippen LogP contribution is 2.43. The van der Waals surface area contributed by atoms with Crippen molar-refractivity contribution in [1.82, 2.24) is 0 Å². The summed E-state index contributed by atoms with van der Waals surface area (Å²) in [4.78, 5) is 20.3. The van der Waals surface area contributed by atoms with E-state index in [0.717, 1.165) is 12.5 Å². The number of hydrogen-bond donors (Lipinski definition) is 1. The van der Waals surface area contributed by atoms with Crippen molar-refractivity contribution >= 4 is 13.8 Å². The van der Waals surface area contributed by atoms with Crippen LogP contribution in [0.4, 0.5) is 0 Å². The summed E-state index contributed by atoms with van der Waals surface area (Å²) in [5.41, 5.74) is 0. The Hall–Kier alpha value is -0.680. The SMILES string of the molecule is C=CC(=O)OCC(CC)COP(=O)(O)OCCCC. The first-order valence-electron chi connectivity index (χ1n) is 6.36. The summed E-state index contributed by atoms with van der Waals surface area (Å²) in [6.07, 6.45) is 3.29. The van der Waals surface area contributed by atoms with Gasteiger partial charge in [-0.05, 0) is 12.8 Å². The van der Waals surface area contributed by atoms with Crippen LogP contribution in [0.15, 0.2) is 12.7 Å². The van der Waals surface area contributed by atoms with Crippen molar-refractivity contribution in [3.05, 3.63) is 12.7 Å². The third kappa shape index (κ3) is 9.85. The third-order valence-corrected chi connectivity index (χ3v) is 3.42. The van der Waals surface area contributed by atoms with Crippen molar-refractivity contribution in [2.45, 2.75) is 33.1 Å². The van der Waals surface area contributed by atoms with Gasteiger partial charge in [-0.25, -0.2) is 9.36 Å². The molecule has 0 aromatic rings. The van der Waals surface area contributed by atoms with Gasteiger partial charge in [0.25, 0.3) is 0 Å². The third-order valence-electron chi connectivity index (χ3n) is 2.43. The van der Waals surface area contributed by atoms with E-state index >= 15 is 0 Å². The fraction of sp³-hybridized carbons (Fsp3) is 0.750. The van der Waals surface area contributed by atoms with Gasteiger partial charge >= 0.3 is 13.8 Å². The zero-order valence-electron chi connectivity index (χ0n) is 11.5. The van der Waals surface area contributed by atoms with Crippen LogP contribution in [0.1, 0.15) is 33.1 Å². The van der Waals surface area contributed by atoms with Crippen LogP contribution in [-0.4, -0.2) is 30.7 Å². The second-order valence-electron chi connectivity index (χ2n) is 4.06. The Morgan fingerprint density at radius 3 is 2.58 bits per heavy atom. The number of esters is 1. The number of rotatable bonds is 11. The molecule has 0 aromatic carbocycles. The summed E-state index contributed by atoms with van der Waals surface area (Å²) in [6, 6.07) is 0. The number of carbonyl (C=O) groups is 1. The minimum absolute atomic E-state index is 0.000819. The van der Waals surface area contributed by atoms with Crippen molar-refractivity contribution < 1.29 is 28.0 Å². The molecule has 0 bridgehead atoms. The molecule has 0 rings (SSSR count). The lowest BCUT2D eigenvalue weighted by atomic mass is 10.1. The number of unbranched alkanes of at least 4 members (excludes halogenated alkanes) is 1. The molecule has 0 saturated heterocycles. The molecule has 112 valence electrons. The van der Waals surface area contributed by atoms with Crippen LogP contribution in [0, 0.1) is 5.92 Å². The zero-order chi connectivity index (χ0) is 14.7. The van der Waals surface area contributed by atoms with Gasteiger partial charge in [0.1, 0.15) is 0 Å². The minimum Gasteiger partial charge on any atom is -0.462 e. The molecule has 0 saturated carbocycles. The van der Waals surface area contributed by atoms with Gasteiger partial charge in [-0.15, -0.1) is 0 Å². The fourth-order valence-corrected chi connectivity index (χ4v) is 1.94. The maximum atomic E-state index is 11.5. The predicted molar refractivity (Wildman–Crippen MR) is 71.6 cm³/mol. The molecule has 0 spiro atoms. The standard InChI is InChI=1S/C12H23O6P/c1-4-7-8-17-19(14,15)18-10-11(5-2)9-16-12(13)6-3/h6,11H,3-5,7-10H2,1-2H3,(H,14,15). The molecule has 2 unspecified atom stereocenters. The summed E-state index contributed by atoms with van der Waals surface area (Å²) in [5.74, 6) is -0.677. The summed E-state index contributed by atoms with van der Waals surface area (Å²) >= 11 is 0. The van der Waals surface area contributed by atoms with Crippen LogP contribution < -0.4 is 0 Å². The number of ether oxygens (including phenoxy) is 1.